The van der Waals surface area contributed by atoms with Crippen molar-refractivity contribution in [3.8, 4) is 5.75 Å². The molecular formula is C21H24F2N2O4. The van der Waals surface area contributed by atoms with Gasteiger partial charge in [-0.05, 0) is 37.8 Å². The van der Waals surface area contributed by atoms with Crippen LogP contribution in [0.15, 0.2) is 24.3 Å². The van der Waals surface area contributed by atoms with Crippen LogP contribution >= 0.6 is 0 Å². The van der Waals surface area contributed by atoms with Gasteiger partial charge in [-0.3, -0.25) is 14.4 Å². The maximum Gasteiger partial charge on any atom is 0.387 e. The third-order valence-corrected chi connectivity index (χ3v) is 6.19. The lowest BCUT2D eigenvalue weighted by Crippen LogP contribution is -2.52. The molecule has 0 radical (unpaired) electrons. The third kappa shape index (κ3) is 3.97. The van der Waals surface area contributed by atoms with Crippen LogP contribution in [-0.4, -0.2) is 59.2 Å². The molecule has 3 heterocycles. The molecule has 4 rings (SSSR count). The van der Waals surface area contributed by atoms with Gasteiger partial charge in [0.1, 0.15) is 11.5 Å². The number of ether oxygens (including phenoxy) is 1. The second-order valence-electron chi connectivity index (χ2n) is 8.04. The van der Waals surface area contributed by atoms with Crippen molar-refractivity contribution >= 4 is 17.6 Å². The predicted molar refractivity (Wildman–Crippen MR) is 99.6 cm³/mol. The molecule has 0 aromatic heterocycles. The summed E-state index contributed by atoms with van der Waals surface area (Å²) in [5, 5.41) is 0. The van der Waals surface area contributed by atoms with Crippen molar-refractivity contribution in [1.82, 2.24) is 9.80 Å². The molecule has 0 N–H and O–H groups in total. The van der Waals surface area contributed by atoms with Crippen LogP contribution in [-0.2, 0) is 9.59 Å². The number of benzene rings is 1. The molecule has 29 heavy (non-hydrogen) atoms. The second kappa shape index (κ2) is 8.08. The van der Waals surface area contributed by atoms with Gasteiger partial charge in [0.15, 0.2) is 0 Å². The molecule has 6 nitrogen and oxygen atoms in total. The second-order valence-corrected chi connectivity index (χ2v) is 8.04. The Morgan fingerprint density at radius 1 is 1.07 bits per heavy atom. The molecular weight excluding hydrogens is 382 g/mol. The number of Topliss-reactive ketones (excluding diaryl/α,β-unsaturated/α-hetero) is 1. The van der Waals surface area contributed by atoms with Crippen molar-refractivity contribution in [3.63, 3.8) is 0 Å². The Morgan fingerprint density at radius 2 is 1.76 bits per heavy atom. The SMILES string of the molecule is O=C1C[C@H]2CC[C@@H](C1)N2C(=O)[C@H]1CCCN(C(=O)c2ccccc2OC(F)F)C1. The molecule has 2 bridgehead atoms. The maximum atomic E-state index is 13.2. The lowest BCUT2D eigenvalue weighted by molar-refractivity contribution is -0.143. The van der Waals surface area contributed by atoms with E-state index in [1.165, 1.54) is 18.2 Å². The number of likely N-dealkylation sites (tertiary alicyclic amines) is 1. The highest BCUT2D eigenvalue weighted by Crippen LogP contribution is 2.36. The minimum Gasteiger partial charge on any atom is -0.434 e. The van der Waals surface area contributed by atoms with Crippen molar-refractivity contribution in [2.75, 3.05) is 13.1 Å². The van der Waals surface area contributed by atoms with E-state index < -0.39 is 12.5 Å². The van der Waals surface area contributed by atoms with Crippen molar-refractivity contribution in [2.45, 2.75) is 57.2 Å². The molecule has 3 aliphatic heterocycles. The minimum absolute atomic E-state index is 0.0135. The van der Waals surface area contributed by atoms with Gasteiger partial charge in [0.25, 0.3) is 5.91 Å². The number of hydrogen-bond acceptors (Lipinski definition) is 4. The number of rotatable bonds is 4. The van der Waals surface area contributed by atoms with E-state index in [9.17, 15) is 23.2 Å². The summed E-state index contributed by atoms with van der Waals surface area (Å²) in [6.45, 7) is -2.29. The summed E-state index contributed by atoms with van der Waals surface area (Å²) in [6, 6.07) is 5.90. The zero-order chi connectivity index (χ0) is 20.5. The summed E-state index contributed by atoms with van der Waals surface area (Å²) in [6.07, 6.45) is 3.92. The van der Waals surface area contributed by atoms with Gasteiger partial charge in [-0.1, -0.05) is 12.1 Å². The largest absolute Gasteiger partial charge is 0.434 e. The van der Waals surface area contributed by atoms with E-state index in [1.807, 2.05) is 4.90 Å². The van der Waals surface area contributed by atoms with Gasteiger partial charge >= 0.3 is 6.61 Å². The molecule has 3 atom stereocenters. The maximum absolute atomic E-state index is 13.2. The zero-order valence-electron chi connectivity index (χ0n) is 16.1. The number of para-hydroxylation sites is 1. The molecule has 3 saturated heterocycles. The van der Waals surface area contributed by atoms with Crippen LogP contribution in [0.2, 0.25) is 0 Å². The smallest absolute Gasteiger partial charge is 0.387 e. The number of halogens is 2. The lowest BCUT2D eigenvalue weighted by atomic mass is 9.92. The third-order valence-electron chi connectivity index (χ3n) is 6.19. The van der Waals surface area contributed by atoms with E-state index in [1.54, 1.807) is 11.0 Å². The van der Waals surface area contributed by atoms with E-state index in [-0.39, 0.29) is 47.5 Å². The fraction of sp³-hybridized carbons (Fsp3) is 0.571. The monoisotopic (exact) mass is 406 g/mol. The summed E-state index contributed by atoms with van der Waals surface area (Å²) in [4.78, 5) is 41.4. The average Bonchev–Trinajstić information content (AvgIpc) is 2.98. The number of alkyl halides is 2. The van der Waals surface area contributed by atoms with E-state index in [2.05, 4.69) is 4.74 Å². The van der Waals surface area contributed by atoms with Crippen LogP contribution in [0.1, 0.15) is 48.9 Å². The molecule has 0 saturated carbocycles. The van der Waals surface area contributed by atoms with Crippen LogP contribution in [0.3, 0.4) is 0 Å². The van der Waals surface area contributed by atoms with Crippen LogP contribution in [0.25, 0.3) is 0 Å². The van der Waals surface area contributed by atoms with Crippen molar-refractivity contribution in [1.29, 1.82) is 0 Å². The topological polar surface area (TPSA) is 66.9 Å². The first-order chi connectivity index (χ1) is 13.9. The molecule has 8 heteroatoms. The van der Waals surface area contributed by atoms with Crippen molar-refractivity contribution in [3.05, 3.63) is 29.8 Å². The number of piperidine rings is 2. The van der Waals surface area contributed by atoms with Gasteiger partial charge in [0.05, 0.1) is 11.5 Å². The number of amides is 2. The van der Waals surface area contributed by atoms with E-state index in [4.69, 9.17) is 0 Å². The Balaban J connectivity index is 1.47. The summed E-state index contributed by atoms with van der Waals surface area (Å²) in [7, 11) is 0. The van der Waals surface area contributed by atoms with Gasteiger partial charge < -0.3 is 14.5 Å². The van der Waals surface area contributed by atoms with E-state index in [0.29, 0.717) is 32.2 Å². The molecule has 156 valence electrons. The molecule has 0 spiro atoms. The van der Waals surface area contributed by atoms with Crippen LogP contribution in [0.5, 0.6) is 5.75 Å². The molecule has 1 aromatic carbocycles. The summed E-state index contributed by atoms with van der Waals surface area (Å²) >= 11 is 0. The molecule has 3 aliphatic rings. The van der Waals surface area contributed by atoms with Gasteiger partial charge in [0.2, 0.25) is 5.91 Å². The number of ketones is 1. The molecule has 2 amide bonds. The number of nitrogens with zero attached hydrogens (tertiary/aromatic N) is 2. The molecule has 0 unspecified atom stereocenters. The molecule has 1 aromatic rings. The molecule has 3 fully saturated rings. The van der Waals surface area contributed by atoms with Crippen molar-refractivity contribution < 1.29 is 27.9 Å². The van der Waals surface area contributed by atoms with Crippen LogP contribution in [0.4, 0.5) is 8.78 Å². The Kier molecular flexibility index (Phi) is 5.52. The Morgan fingerprint density at radius 3 is 2.45 bits per heavy atom. The predicted octanol–water partition coefficient (Wildman–Crippen LogP) is 2.86. The molecule has 0 aliphatic carbocycles. The minimum atomic E-state index is -3.02. The quantitative estimate of drug-likeness (QED) is 0.771. The summed E-state index contributed by atoms with van der Waals surface area (Å²) < 4.78 is 29.8. The Bertz CT molecular complexity index is 800. The van der Waals surface area contributed by atoms with Crippen LogP contribution in [0, 0.1) is 5.92 Å². The van der Waals surface area contributed by atoms with Gasteiger partial charge in [-0.15, -0.1) is 0 Å². The fourth-order valence-electron chi connectivity index (χ4n) is 4.92. The number of fused-ring (bicyclic) bond motifs is 2. The fourth-order valence-corrected chi connectivity index (χ4v) is 4.92. The standard InChI is InChI=1S/C21H24F2N2O4/c22-21(23)29-18-6-2-1-5-17(18)20(28)24-9-3-4-13(12-24)19(27)25-14-7-8-15(25)11-16(26)10-14/h1-2,5-6,13-15,21H,3-4,7-12H2/t13-,14-,15+/m0/s1. The van der Waals surface area contributed by atoms with Crippen LogP contribution < -0.4 is 4.74 Å². The Hall–Kier alpha value is -2.51. The number of hydrogen-bond donors (Lipinski definition) is 0. The number of carbonyl (C=O) groups is 3. The summed E-state index contributed by atoms with van der Waals surface area (Å²) in [5.74, 6) is -0.659. The highest BCUT2D eigenvalue weighted by atomic mass is 19.3. The first-order valence-electron chi connectivity index (χ1n) is 10.1. The van der Waals surface area contributed by atoms with Crippen molar-refractivity contribution in [2.24, 2.45) is 5.92 Å². The van der Waals surface area contributed by atoms with E-state index in [0.717, 1.165) is 12.8 Å². The Labute approximate surface area is 167 Å². The van der Waals surface area contributed by atoms with Gasteiger partial charge in [0, 0.05) is 38.0 Å². The first-order valence-corrected chi connectivity index (χ1v) is 10.1. The zero-order valence-corrected chi connectivity index (χ0v) is 16.1. The highest BCUT2D eigenvalue weighted by Gasteiger charge is 2.45. The number of carbonyl (C=O) groups excluding carboxylic acids is 3. The van der Waals surface area contributed by atoms with Gasteiger partial charge in [-0.2, -0.15) is 8.78 Å². The summed E-state index contributed by atoms with van der Waals surface area (Å²) in [5.41, 5.74) is 0.0736. The van der Waals surface area contributed by atoms with E-state index >= 15 is 0 Å². The normalized spacial score (nSPS) is 26.7. The van der Waals surface area contributed by atoms with Gasteiger partial charge in [-0.25, -0.2) is 0 Å². The average molecular weight is 406 g/mol. The highest BCUT2D eigenvalue weighted by molar-refractivity contribution is 5.97. The first kappa shape index (κ1) is 19.8. The lowest BCUT2D eigenvalue weighted by Gasteiger charge is -2.39.